The SMILES string of the molecule is COc1cc(OC)cc(C(COC[C@H]2O[C@@H](n3cnc4c(N)ncnc43)[C@H](O)[C@@H]2O)c2c(C)cccc2C)c1. The molecule has 1 aliphatic heterocycles. The predicted octanol–water partition coefficient (Wildman–Crippen LogP) is 2.51. The number of hydrogen-bond acceptors (Lipinski definition) is 10. The van der Waals surface area contributed by atoms with Crippen LogP contribution in [0.5, 0.6) is 11.5 Å². The molecule has 2 aromatic carbocycles. The topological polar surface area (TPSA) is 147 Å². The Kier molecular flexibility index (Phi) is 7.67. The Morgan fingerprint density at radius 2 is 1.69 bits per heavy atom. The van der Waals surface area contributed by atoms with Gasteiger partial charge in [-0.2, -0.15) is 0 Å². The second-order valence-corrected chi connectivity index (χ2v) is 9.67. The van der Waals surface area contributed by atoms with Crippen molar-refractivity contribution in [1.29, 1.82) is 0 Å². The van der Waals surface area contributed by atoms with Crippen molar-refractivity contribution in [2.75, 3.05) is 33.2 Å². The summed E-state index contributed by atoms with van der Waals surface area (Å²) in [5.74, 6) is 1.43. The Morgan fingerprint density at radius 1 is 1.00 bits per heavy atom. The van der Waals surface area contributed by atoms with Gasteiger partial charge >= 0.3 is 0 Å². The summed E-state index contributed by atoms with van der Waals surface area (Å²) in [7, 11) is 3.24. The number of benzene rings is 2. The van der Waals surface area contributed by atoms with Crippen molar-refractivity contribution in [2.45, 2.75) is 44.3 Å². The lowest BCUT2D eigenvalue weighted by Gasteiger charge is -2.24. The van der Waals surface area contributed by atoms with Crippen molar-refractivity contribution in [1.82, 2.24) is 19.5 Å². The molecule has 3 heterocycles. The average Bonchev–Trinajstić information content (AvgIpc) is 3.49. The fourth-order valence-corrected chi connectivity index (χ4v) is 5.21. The molecule has 39 heavy (non-hydrogen) atoms. The Morgan fingerprint density at radius 3 is 2.36 bits per heavy atom. The average molecular weight is 536 g/mol. The molecule has 1 aliphatic rings. The maximum atomic E-state index is 10.8. The molecule has 0 saturated carbocycles. The lowest BCUT2D eigenvalue weighted by molar-refractivity contribution is -0.0661. The number of rotatable bonds is 9. The van der Waals surface area contributed by atoms with Crippen LogP contribution >= 0.6 is 0 Å². The zero-order valence-electron chi connectivity index (χ0n) is 22.3. The van der Waals surface area contributed by atoms with Crippen LogP contribution in [0.2, 0.25) is 0 Å². The molecular formula is C28H33N5O6. The zero-order valence-corrected chi connectivity index (χ0v) is 22.3. The first kappa shape index (κ1) is 26.8. The first-order valence-corrected chi connectivity index (χ1v) is 12.6. The molecule has 1 fully saturated rings. The fraction of sp³-hybridized carbons (Fsp3) is 0.393. The van der Waals surface area contributed by atoms with Gasteiger partial charge in [0.25, 0.3) is 0 Å². The fourth-order valence-electron chi connectivity index (χ4n) is 5.21. The summed E-state index contributed by atoms with van der Waals surface area (Å²) in [6.07, 6.45) is -1.31. The van der Waals surface area contributed by atoms with E-state index in [1.807, 2.05) is 24.3 Å². The number of aliphatic hydroxyl groups is 2. The Labute approximate surface area is 226 Å². The van der Waals surface area contributed by atoms with Crippen LogP contribution in [0.4, 0.5) is 5.82 Å². The van der Waals surface area contributed by atoms with E-state index in [0.29, 0.717) is 29.3 Å². The molecule has 2 aromatic heterocycles. The smallest absolute Gasteiger partial charge is 0.167 e. The summed E-state index contributed by atoms with van der Waals surface area (Å²) in [5, 5.41) is 21.6. The van der Waals surface area contributed by atoms with Crippen LogP contribution in [0.15, 0.2) is 49.1 Å². The molecule has 1 saturated heterocycles. The highest BCUT2D eigenvalue weighted by Crippen LogP contribution is 2.36. The number of aromatic nitrogens is 4. The highest BCUT2D eigenvalue weighted by molar-refractivity contribution is 5.81. The third kappa shape index (κ3) is 5.13. The van der Waals surface area contributed by atoms with Crippen molar-refractivity contribution >= 4 is 17.0 Å². The summed E-state index contributed by atoms with van der Waals surface area (Å²) in [6.45, 7) is 4.50. The highest BCUT2D eigenvalue weighted by atomic mass is 16.6. The number of nitrogens with zero attached hydrogens (tertiary/aromatic N) is 4. The minimum atomic E-state index is -1.22. The van der Waals surface area contributed by atoms with Gasteiger partial charge in [-0.25, -0.2) is 15.0 Å². The second-order valence-electron chi connectivity index (χ2n) is 9.67. The van der Waals surface area contributed by atoms with Crippen LogP contribution in [0.25, 0.3) is 11.2 Å². The minimum absolute atomic E-state index is 0.0566. The van der Waals surface area contributed by atoms with Crippen molar-refractivity contribution < 1.29 is 29.2 Å². The van der Waals surface area contributed by atoms with Crippen LogP contribution in [0.3, 0.4) is 0 Å². The quantitative estimate of drug-likeness (QED) is 0.292. The molecule has 5 rings (SSSR count). The minimum Gasteiger partial charge on any atom is -0.497 e. The van der Waals surface area contributed by atoms with Crippen LogP contribution in [0, 0.1) is 13.8 Å². The largest absolute Gasteiger partial charge is 0.497 e. The van der Waals surface area contributed by atoms with Gasteiger partial charge in [0.2, 0.25) is 0 Å². The van der Waals surface area contributed by atoms with E-state index in [-0.39, 0.29) is 18.3 Å². The number of fused-ring (bicyclic) bond motifs is 1. The van der Waals surface area contributed by atoms with E-state index < -0.39 is 24.5 Å². The molecule has 4 N–H and O–H groups in total. The van der Waals surface area contributed by atoms with Crippen molar-refractivity contribution in [2.24, 2.45) is 0 Å². The lowest BCUT2D eigenvalue weighted by Crippen LogP contribution is -2.34. The normalized spacial score (nSPS) is 21.8. The third-order valence-electron chi connectivity index (χ3n) is 7.23. The van der Waals surface area contributed by atoms with E-state index in [4.69, 9.17) is 24.7 Å². The summed E-state index contributed by atoms with van der Waals surface area (Å²) in [5.41, 5.74) is 11.1. The Bertz CT molecular complexity index is 1420. The number of aryl methyl sites for hydroxylation is 2. The van der Waals surface area contributed by atoms with E-state index >= 15 is 0 Å². The molecule has 0 amide bonds. The molecule has 0 radical (unpaired) electrons. The number of methoxy groups -OCH3 is 2. The Hall–Kier alpha value is -3.77. The number of aliphatic hydroxyl groups excluding tert-OH is 2. The van der Waals surface area contributed by atoms with Gasteiger partial charge in [-0.3, -0.25) is 4.57 Å². The Balaban J connectivity index is 1.37. The summed E-state index contributed by atoms with van der Waals surface area (Å²) < 4.78 is 24.8. The number of nitrogen functional groups attached to an aromatic ring is 1. The van der Waals surface area contributed by atoms with Gasteiger partial charge in [-0.15, -0.1) is 0 Å². The molecule has 11 heteroatoms. The molecule has 4 aromatic rings. The summed E-state index contributed by atoms with van der Waals surface area (Å²) in [6, 6.07) is 11.9. The standard InChI is InChI=1S/C28H33N5O6/c1-15-6-5-7-16(2)22(15)20(17-8-18(36-3)10-19(9-17)37-4)11-38-12-21-24(34)25(35)28(39-21)33-14-32-23-26(29)30-13-31-27(23)33/h5-10,13-14,20-21,24-25,28,34-35H,11-12H2,1-4H3,(H2,29,30,31)/t20?,21-,24-,25-,28-/m1/s1. The predicted molar refractivity (Wildman–Crippen MR) is 144 cm³/mol. The van der Waals surface area contributed by atoms with Crippen molar-refractivity contribution in [3.05, 3.63) is 71.3 Å². The number of hydrogen-bond donors (Lipinski definition) is 3. The van der Waals surface area contributed by atoms with Gasteiger partial charge in [0.15, 0.2) is 17.7 Å². The number of imidazole rings is 1. The van der Waals surface area contributed by atoms with E-state index in [9.17, 15) is 10.2 Å². The van der Waals surface area contributed by atoms with E-state index in [1.165, 1.54) is 12.7 Å². The van der Waals surface area contributed by atoms with Gasteiger partial charge in [-0.05, 0) is 48.2 Å². The maximum Gasteiger partial charge on any atom is 0.167 e. The number of nitrogens with two attached hydrogens (primary N) is 1. The highest BCUT2D eigenvalue weighted by Gasteiger charge is 2.44. The van der Waals surface area contributed by atoms with E-state index in [2.05, 4.69) is 40.9 Å². The van der Waals surface area contributed by atoms with Gasteiger partial charge in [0.1, 0.15) is 41.7 Å². The number of anilines is 1. The molecule has 11 nitrogen and oxygen atoms in total. The molecule has 1 unspecified atom stereocenters. The first-order chi connectivity index (χ1) is 18.8. The monoisotopic (exact) mass is 535 g/mol. The van der Waals surface area contributed by atoms with Crippen molar-refractivity contribution in [3.8, 4) is 11.5 Å². The van der Waals surface area contributed by atoms with Crippen LogP contribution in [0.1, 0.15) is 34.4 Å². The number of ether oxygens (including phenoxy) is 4. The van der Waals surface area contributed by atoms with E-state index in [1.54, 1.807) is 18.8 Å². The third-order valence-corrected chi connectivity index (χ3v) is 7.23. The van der Waals surface area contributed by atoms with E-state index in [0.717, 1.165) is 22.3 Å². The molecule has 5 atom stereocenters. The van der Waals surface area contributed by atoms with Gasteiger partial charge in [0, 0.05) is 12.0 Å². The zero-order chi connectivity index (χ0) is 27.7. The second kappa shape index (κ2) is 11.1. The van der Waals surface area contributed by atoms with Crippen LogP contribution in [-0.4, -0.2) is 75.5 Å². The summed E-state index contributed by atoms with van der Waals surface area (Å²) >= 11 is 0. The summed E-state index contributed by atoms with van der Waals surface area (Å²) in [4.78, 5) is 12.4. The van der Waals surface area contributed by atoms with Gasteiger partial charge in [0.05, 0.1) is 33.8 Å². The molecule has 0 aliphatic carbocycles. The maximum absolute atomic E-state index is 10.8. The van der Waals surface area contributed by atoms with Gasteiger partial charge in [-0.1, -0.05) is 18.2 Å². The molecule has 206 valence electrons. The van der Waals surface area contributed by atoms with Crippen LogP contribution in [-0.2, 0) is 9.47 Å². The van der Waals surface area contributed by atoms with Gasteiger partial charge < -0.3 is 34.9 Å². The lowest BCUT2D eigenvalue weighted by atomic mass is 9.86. The molecular weight excluding hydrogens is 502 g/mol. The molecule has 0 spiro atoms. The van der Waals surface area contributed by atoms with Crippen molar-refractivity contribution in [3.63, 3.8) is 0 Å². The van der Waals surface area contributed by atoms with Crippen LogP contribution < -0.4 is 15.2 Å². The molecule has 0 bridgehead atoms. The first-order valence-electron chi connectivity index (χ1n) is 12.6.